The largest absolute Gasteiger partial charge is 0.369 e. The van der Waals surface area contributed by atoms with E-state index < -0.39 is 0 Å². The molecule has 0 aromatic carbocycles. The third kappa shape index (κ3) is 3.38. The molecule has 0 radical (unpaired) electrons. The topological polar surface area (TPSA) is 88.8 Å². The summed E-state index contributed by atoms with van der Waals surface area (Å²) in [5.41, 5.74) is 4.69. The lowest BCUT2D eigenvalue weighted by molar-refractivity contribution is 0.962. The van der Waals surface area contributed by atoms with Crippen LogP contribution in [0.4, 0.5) is 11.6 Å². The van der Waals surface area contributed by atoms with Crippen molar-refractivity contribution in [2.75, 3.05) is 17.3 Å². The van der Waals surface area contributed by atoms with Gasteiger partial charge in [-0.3, -0.25) is 4.98 Å². The summed E-state index contributed by atoms with van der Waals surface area (Å²) in [6.45, 7) is 4.56. The number of rotatable bonds is 5. The van der Waals surface area contributed by atoms with Gasteiger partial charge in [-0.1, -0.05) is 6.07 Å². The predicted octanol–water partition coefficient (Wildman–Crippen LogP) is 1.43. The van der Waals surface area contributed by atoms with Gasteiger partial charge in [-0.25, -0.2) is 15.8 Å². The molecule has 2 aromatic heterocycles. The molecule has 6 nitrogen and oxygen atoms in total. The molecule has 0 bridgehead atoms. The predicted molar refractivity (Wildman–Crippen MR) is 75.7 cm³/mol. The fraction of sp³-hybridized carbons (Fsp3) is 0.308. The normalized spacial score (nSPS) is 10.3. The molecule has 2 heterocycles. The molecule has 100 valence electrons. The zero-order chi connectivity index (χ0) is 13.7. The number of pyridine rings is 1. The van der Waals surface area contributed by atoms with E-state index in [9.17, 15) is 0 Å². The molecule has 0 fully saturated rings. The first-order valence-corrected chi connectivity index (χ1v) is 6.15. The van der Waals surface area contributed by atoms with Crippen LogP contribution in [0.5, 0.6) is 0 Å². The first-order chi connectivity index (χ1) is 9.20. The molecule has 0 saturated heterocycles. The number of hydrogen-bond donors (Lipinski definition) is 3. The van der Waals surface area contributed by atoms with Crippen LogP contribution >= 0.6 is 0 Å². The number of nitrogens with two attached hydrogens (primary N) is 1. The molecule has 2 aromatic rings. The molecule has 4 N–H and O–H groups in total. The van der Waals surface area contributed by atoms with E-state index in [4.69, 9.17) is 5.84 Å². The molecular weight excluding hydrogens is 240 g/mol. The Balaban J connectivity index is 2.02. The molecule has 0 saturated carbocycles. The number of aromatic nitrogens is 3. The summed E-state index contributed by atoms with van der Waals surface area (Å²) in [7, 11) is 0. The Morgan fingerprint density at radius 1 is 1.21 bits per heavy atom. The highest BCUT2D eigenvalue weighted by molar-refractivity contribution is 5.56. The maximum absolute atomic E-state index is 5.43. The van der Waals surface area contributed by atoms with E-state index in [-0.39, 0.29) is 0 Å². The molecule has 6 heteroatoms. The van der Waals surface area contributed by atoms with Crippen LogP contribution in [0.3, 0.4) is 0 Å². The van der Waals surface area contributed by atoms with Gasteiger partial charge in [0, 0.05) is 24.5 Å². The van der Waals surface area contributed by atoms with Gasteiger partial charge in [0.15, 0.2) is 0 Å². The molecule has 0 atom stereocenters. The summed E-state index contributed by atoms with van der Waals surface area (Å²) < 4.78 is 0. The van der Waals surface area contributed by atoms with Crippen molar-refractivity contribution in [2.45, 2.75) is 20.3 Å². The number of aryl methyl sites for hydroxylation is 1. The maximum atomic E-state index is 5.43. The third-order valence-corrected chi connectivity index (χ3v) is 2.82. The molecule has 0 aliphatic heterocycles. The number of anilines is 2. The first-order valence-electron chi connectivity index (χ1n) is 6.15. The minimum atomic E-state index is 0.649. The summed E-state index contributed by atoms with van der Waals surface area (Å²) >= 11 is 0. The van der Waals surface area contributed by atoms with E-state index in [0.29, 0.717) is 11.6 Å². The molecule has 0 amide bonds. The van der Waals surface area contributed by atoms with Crippen LogP contribution in [0.1, 0.15) is 17.0 Å². The summed E-state index contributed by atoms with van der Waals surface area (Å²) in [4.78, 5) is 12.7. The van der Waals surface area contributed by atoms with Crippen LogP contribution in [-0.2, 0) is 6.42 Å². The van der Waals surface area contributed by atoms with E-state index in [1.807, 2.05) is 26.1 Å². The molecule has 0 aliphatic carbocycles. The molecule has 19 heavy (non-hydrogen) atoms. The van der Waals surface area contributed by atoms with Crippen molar-refractivity contribution in [1.29, 1.82) is 0 Å². The van der Waals surface area contributed by atoms with Gasteiger partial charge in [0.2, 0.25) is 0 Å². The van der Waals surface area contributed by atoms with Crippen molar-refractivity contribution in [1.82, 2.24) is 15.0 Å². The summed E-state index contributed by atoms with van der Waals surface area (Å²) in [5, 5.41) is 3.30. The fourth-order valence-corrected chi connectivity index (χ4v) is 1.81. The maximum Gasteiger partial charge on any atom is 0.148 e. The van der Waals surface area contributed by atoms with Gasteiger partial charge >= 0.3 is 0 Å². The van der Waals surface area contributed by atoms with Gasteiger partial charge in [-0.15, -0.1) is 0 Å². The number of nitrogen functional groups attached to an aromatic ring is 1. The highest BCUT2D eigenvalue weighted by Crippen LogP contribution is 2.18. The first kappa shape index (κ1) is 13.2. The van der Waals surface area contributed by atoms with Crippen molar-refractivity contribution in [2.24, 2.45) is 5.84 Å². The fourth-order valence-electron chi connectivity index (χ4n) is 1.81. The van der Waals surface area contributed by atoms with Gasteiger partial charge in [0.1, 0.15) is 17.5 Å². The van der Waals surface area contributed by atoms with Crippen LogP contribution in [-0.4, -0.2) is 21.5 Å². The van der Waals surface area contributed by atoms with E-state index in [0.717, 1.165) is 24.3 Å². The minimum absolute atomic E-state index is 0.649. The van der Waals surface area contributed by atoms with Crippen LogP contribution in [0.25, 0.3) is 0 Å². The van der Waals surface area contributed by atoms with Gasteiger partial charge < -0.3 is 10.7 Å². The zero-order valence-corrected chi connectivity index (χ0v) is 11.1. The van der Waals surface area contributed by atoms with Crippen molar-refractivity contribution in [3.8, 4) is 0 Å². The van der Waals surface area contributed by atoms with Crippen LogP contribution in [0.2, 0.25) is 0 Å². The smallest absolute Gasteiger partial charge is 0.148 e. The third-order valence-electron chi connectivity index (χ3n) is 2.82. The lowest BCUT2D eigenvalue weighted by atomic mass is 10.2. The average Bonchev–Trinajstić information content (AvgIpc) is 2.43. The molecule has 0 aliphatic rings. The second-order valence-electron chi connectivity index (χ2n) is 4.28. The standard InChI is InChI=1S/C13H18N6/c1-9-12(17-10(2)18-13(9)19-14)16-7-5-11-4-3-6-15-8-11/h3-4,6,8H,5,7,14H2,1-2H3,(H2,16,17,18,19). The Kier molecular flexibility index (Phi) is 4.25. The zero-order valence-electron chi connectivity index (χ0n) is 11.1. The highest BCUT2D eigenvalue weighted by atomic mass is 15.3. The van der Waals surface area contributed by atoms with Crippen molar-refractivity contribution in [3.05, 3.63) is 41.5 Å². The number of hydrazine groups is 1. The van der Waals surface area contributed by atoms with Crippen molar-refractivity contribution >= 4 is 11.6 Å². The van der Waals surface area contributed by atoms with E-state index in [1.54, 1.807) is 6.20 Å². The van der Waals surface area contributed by atoms with Gasteiger partial charge in [0.25, 0.3) is 0 Å². The monoisotopic (exact) mass is 258 g/mol. The Hall–Kier alpha value is -2.21. The molecule has 2 rings (SSSR count). The summed E-state index contributed by atoms with van der Waals surface area (Å²) in [6, 6.07) is 3.99. The lowest BCUT2D eigenvalue weighted by Crippen LogP contribution is -2.15. The van der Waals surface area contributed by atoms with Crippen molar-refractivity contribution in [3.63, 3.8) is 0 Å². The second-order valence-corrected chi connectivity index (χ2v) is 4.28. The number of nitrogens with one attached hydrogen (secondary N) is 2. The highest BCUT2D eigenvalue weighted by Gasteiger charge is 2.07. The Morgan fingerprint density at radius 2 is 2.00 bits per heavy atom. The quantitative estimate of drug-likeness (QED) is 0.555. The molecule has 0 spiro atoms. The van der Waals surface area contributed by atoms with Crippen LogP contribution in [0.15, 0.2) is 24.5 Å². The lowest BCUT2D eigenvalue weighted by Gasteiger charge is -2.12. The SMILES string of the molecule is Cc1nc(NN)c(C)c(NCCc2cccnc2)n1. The average molecular weight is 258 g/mol. The number of hydrogen-bond acceptors (Lipinski definition) is 6. The van der Waals surface area contributed by atoms with Crippen LogP contribution < -0.4 is 16.6 Å². The Morgan fingerprint density at radius 3 is 2.68 bits per heavy atom. The van der Waals surface area contributed by atoms with Crippen LogP contribution in [0, 0.1) is 13.8 Å². The van der Waals surface area contributed by atoms with E-state index in [2.05, 4.69) is 31.8 Å². The Labute approximate surface area is 112 Å². The summed E-state index contributed by atoms with van der Waals surface area (Å²) in [5.74, 6) is 7.57. The van der Waals surface area contributed by atoms with Gasteiger partial charge in [-0.05, 0) is 31.9 Å². The summed E-state index contributed by atoms with van der Waals surface area (Å²) in [6.07, 6.45) is 4.53. The second kappa shape index (κ2) is 6.10. The van der Waals surface area contributed by atoms with Crippen molar-refractivity contribution < 1.29 is 0 Å². The van der Waals surface area contributed by atoms with E-state index >= 15 is 0 Å². The van der Waals surface area contributed by atoms with E-state index in [1.165, 1.54) is 5.56 Å². The molecule has 0 unspecified atom stereocenters. The number of nitrogens with zero attached hydrogens (tertiary/aromatic N) is 3. The van der Waals surface area contributed by atoms with Gasteiger partial charge in [-0.2, -0.15) is 0 Å². The Bertz CT molecular complexity index is 540. The minimum Gasteiger partial charge on any atom is -0.369 e. The molecular formula is C13H18N6. The van der Waals surface area contributed by atoms with Gasteiger partial charge in [0.05, 0.1) is 0 Å².